The molecule has 1 unspecified atom stereocenters. The average molecular weight is 391 g/mol. The van der Waals surface area contributed by atoms with Gasteiger partial charge in [-0.1, -0.05) is 41.6 Å². The topological polar surface area (TPSA) is 87.9 Å². The lowest BCUT2D eigenvalue weighted by Crippen LogP contribution is -2.23. The summed E-state index contributed by atoms with van der Waals surface area (Å²) in [5.41, 5.74) is 2.49. The third-order valence-corrected chi connectivity index (χ3v) is 5.69. The molecule has 4 aromatic rings. The van der Waals surface area contributed by atoms with Crippen molar-refractivity contribution >= 4 is 17.2 Å². The summed E-state index contributed by atoms with van der Waals surface area (Å²) >= 11 is 1.66. The van der Waals surface area contributed by atoms with E-state index in [9.17, 15) is 4.79 Å². The molecular weight excluding hydrogens is 374 g/mol. The number of hydrogen-bond donors (Lipinski definition) is 1. The van der Waals surface area contributed by atoms with Crippen LogP contribution in [0.3, 0.4) is 0 Å². The maximum Gasteiger partial charge on any atom is 0.275 e. The summed E-state index contributed by atoms with van der Waals surface area (Å²) in [6, 6.07) is 15.8. The molecule has 3 aromatic heterocycles. The van der Waals surface area contributed by atoms with Crippen molar-refractivity contribution in [3.05, 3.63) is 64.6 Å². The smallest absolute Gasteiger partial charge is 0.275 e. The second-order valence-corrected chi connectivity index (χ2v) is 7.78. The van der Waals surface area contributed by atoms with Crippen LogP contribution in [0.5, 0.6) is 0 Å². The number of hydrogen-bond acceptors (Lipinski definition) is 6. The van der Waals surface area contributed by atoms with Crippen molar-refractivity contribution in [2.24, 2.45) is 0 Å². The van der Waals surface area contributed by atoms with Crippen molar-refractivity contribution in [1.82, 2.24) is 25.2 Å². The first-order valence-electron chi connectivity index (χ1n) is 9.01. The monoisotopic (exact) mass is 391 g/mol. The van der Waals surface area contributed by atoms with Gasteiger partial charge in [-0.3, -0.25) is 9.89 Å². The Morgan fingerprint density at radius 2 is 2.11 bits per heavy atom. The highest BCUT2D eigenvalue weighted by Gasteiger charge is 2.34. The fourth-order valence-electron chi connectivity index (χ4n) is 3.39. The number of nitrogens with zero attached hydrogens (tertiary/aromatic N) is 4. The molecule has 0 spiro atoms. The Kier molecular flexibility index (Phi) is 4.25. The van der Waals surface area contributed by atoms with Gasteiger partial charge >= 0.3 is 0 Å². The van der Waals surface area contributed by atoms with Gasteiger partial charge in [-0.05, 0) is 17.5 Å². The van der Waals surface area contributed by atoms with Gasteiger partial charge in [0.05, 0.1) is 12.2 Å². The molecule has 0 bridgehead atoms. The number of carbonyl (C=O) groups excluding carboxylic acids is 1. The van der Waals surface area contributed by atoms with Crippen molar-refractivity contribution in [1.29, 1.82) is 0 Å². The first-order valence-corrected chi connectivity index (χ1v) is 9.89. The van der Waals surface area contributed by atoms with Crippen LogP contribution in [-0.2, 0) is 11.3 Å². The predicted octanol–water partition coefficient (Wildman–Crippen LogP) is 3.70. The van der Waals surface area contributed by atoms with Gasteiger partial charge in [-0.15, -0.1) is 11.3 Å². The summed E-state index contributed by atoms with van der Waals surface area (Å²) in [7, 11) is 0. The van der Waals surface area contributed by atoms with E-state index in [-0.39, 0.29) is 11.8 Å². The Bertz CT molecular complexity index is 1090. The molecule has 1 amide bonds. The zero-order valence-corrected chi connectivity index (χ0v) is 15.7. The number of aromatic amines is 1. The number of rotatable bonds is 5. The largest absolute Gasteiger partial charge is 0.337 e. The highest BCUT2D eigenvalue weighted by atomic mass is 32.1. The lowest BCUT2D eigenvalue weighted by Gasteiger charge is -2.14. The van der Waals surface area contributed by atoms with Gasteiger partial charge in [0, 0.05) is 29.3 Å². The second kappa shape index (κ2) is 7.05. The number of H-pyrrole nitrogens is 1. The van der Waals surface area contributed by atoms with Gasteiger partial charge in [0.1, 0.15) is 5.69 Å². The maximum atomic E-state index is 12.3. The zero-order valence-electron chi connectivity index (χ0n) is 14.9. The molecule has 0 aliphatic carbocycles. The van der Waals surface area contributed by atoms with Crippen LogP contribution in [0.2, 0.25) is 0 Å². The summed E-state index contributed by atoms with van der Waals surface area (Å²) in [6.45, 7) is 1.24. The van der Waals surface area contributed by atoms with E-state index in [0.717, 1.165) is 11.3 Å². The van der Waals surface area contributed by atoms with E-state index in [1.54, 1.807) is 11.3 Å². The van der Waals surface area contributed by atoms with Crippen molar-refractivity contribution in [2.45, 2.75) is 18.9 Å². The number of thiophene rings is 1. The summed E-state index contributed by atoms with van der Waals surface area (Å²) in [6.07, 6.45) is 0.405. The second-order valence-electron chi connectivity index (χ2n) is 6.75. The van der Waals surface area contributed by atoms with Crippen LogP contribution in [0.4, 0.5) is 0 Å². The summed E-state index contributed by atoms with van der Waals surface area (Å²) in [5, 5.41) is 13.4. The van der Waals surface area contributed by atoms with E-state index in [0.29, 0.717) is 36.9 Å². The lowest BCUT2D eigenvalue weighted by molar-refractivity contribution is -0.128. The Morgan fingerprint density at radius 1 is 1.21 bits per heavy atom. The lowest BCUT2D eigenvalue weighted by atomic mass is 10.1. The van der Waals surface area contributed by atoms with Crippen LogP contribution in [0.1, 0.15) is 23.0 Å². The minimum absolute atomic E-state index is 0.0542. The average Bonchev–Trinajstić information content (AvgIpc) is 3.51. The van der Waals surface area contributed by atoms with E-state index >= 15 is 0 Å². The first-order chi connectivity index (χ1) is 13.8. The molecule has 0 radical (unpaired) electrons. The van der Waals surface area contributed by atoms with Gasteiger partial charge in [0.15, 0.2) is 5.82 Å². The Morgan fingerprint density at radius 3 is 2.93 bits per heavy atom. The van der Waals surface area contributed by atoms with Gasteiger partial charge in [-0.25, -0.2) is 0 Å². The summed E-state index contributed by atoms with van der Waals surface area (Å²) in [4.78, 5) is 19.9. The van der Waals surface area contributed by atoms with E-state index < -0.39 is 0 Å². The third-order valence-electron chi connectivity index (χ3n) is 4.83. The molecule has 1 fully saturated rings. The zero-order chi connectivity index (χ0) is 18.9. The van der Waals surface area contributed by atoms with Gasteiger partial charge in [0.25, 0.3) is 5.89 Å². The molecule has 4 heterocycles. The first kappa shape index (κ1) is 16.9. The fraction of sp³-hybridized carbons (Fsp3) is 0.200. The van der Waals surface area contributed by atoms with Crippen molar-refractivity contribution in [2.75, 3.05) is 6.54 Å². The van der Waals surface area contributed by atoms with Crippen LogP contribution in [0.25, 0.3) is 22.8 Å². The molecule has 1 aliphatic rings. The van der Waals surface area contributed by atoms with Crippen molar-refractivity contribution in [3.8, 4) is 22.8 Å². The predicted molar refractivity (Wildman–Crippen MR) is 104 cm³/mol. The molecule has 1 atom stereocenters. The number of benzene rings is 1. The van der Waals surface area contributed by atoms with E-state index in [1.165, 1.54) is 4.88 Å². The Balaban J connectivity index is 1.31. The standard InChI is InChI=1S/C20H17N5O2S/c26-18-9-14(11-25(18)12-15-7-4-8-28-15)19-21-20(27-24-19)17-10-16(22-23-17)13-5-2-1-3-6-13/h1-8,10,14H,9,11-12H2,(H,22,23). The molecule has 5 rings (SSSR count). The van der Waals surface area contributed by atoms with Gasteiger partial charge in [0.2, 0.25) is 5.91 Å². The molecule has 1 N–H and O–H groups in total. The van der Waals surface area contributed by atoms with Crippen LogP contribution in [0, 0.1) is 0 Å². The fourth-order valence-corrected chi connectivity index (χ4v) is 4.11. The minimum Gasteiger partial charge on any atom is -0.337 e. The third kappa shape index (κ3) is 3.22. The van der Waals surface area contributed by atoms with Crippen LogP contribution in [-0.4, -0.2) is 37.7 Å². The van der Waals surface area contributed by atoms with Crippen LogP contribution >= 0.6 is 11.3 Å². The molecule has 140 valence electrons. The van der Waals surface area contributed by atoms with Crippen LogP contribution < -0.4 is 0 Å². The van der Waals surface area contributed by atoms with Crippen LogP contribution in [0.15, 0.2) is 58.4 Å². The van der Waals surface area contributed by atoms with E-state index in [4.69, 9.17) is 4.52 Å². The number of aromatic nitrogens is 4. The Labute approximate surface area is 165 Å². The van der Waals surface area contributed by atoms with E-state index in [1.807, 2.05) is 58.8 Å². The molecule has 7 nitrogen and oxygen atoms in total. The molecule has 8 heteroatoms. The number of amides is 1. The summed E-state index contributed by atoms with van der Waals surface area (Å²) < 4.78 is 5.43. The number of likely N-dealkylation sites (tertiary alicyclic amines) is 1. The maximum absolute atomic E-state index is 12.3. The number of nitrogens with one attached hydrogen (secondary N) is 1. The molecular formula is C20H17N5O2S. The molecule has 1 saturated heterocycles. The van der Waals surface area contributed by atoms with E-state index in [2.05, 4.69) is 20.3 Å². The molecule has 1 aromatic carbocycles. The Hall–Kier alpha value is -3.26. The summed E-state index contributed by atoms with van der Waals surface area (Å²) in [5.74, 6) is 1.01. The quantitative estimate of drug-likeness (QED) is 0.560. The SMILES string of the molecule is O=C1CC(c2noc(-c3cc(-c4ccccc4)n[nH]3)n2)CN1Cc1cccs1. The number of carbonyl (C=O) groups is 1. The highest BCUT2D eigenvalue weighted by Crippen LogP contribution is 2.30. The highest BCUT2D eigenvalue weighted by molar-refractivity contribution is 7.09. The van der Waals surface area contributed by atoms with Crippen molar-refractivity contribution < 1.29 is 9.32 Å². The molecule has 1 aliphatic heterocycles. The normalized spacial score (nSPS) is 16.8. The van der Waals surface area contributed by atoms with Gasteiger partial charge in [-0.2, -0.15) is 10.1 Å². The van der Waals surface area contributed by atoms with Gasteiger partial charge < -0.3 is 9.42 Å². The minimum atomic E-state index is -0.0542. The van der Waals surface area contributed by atoms with Crippen molar-refractivity contribution in [3.63, 3.8) is 0 Å². The molecule has 28 heavy (non-hydrogen) atoms. The molecule has 0 saturated carbocycles.